The second kappa shape index (κ2) is 11.1. The molecule has 0 aliphatic carbocycles. The van der Waals surface area contributed by atoms with Gasteiger partial charge in [-0.25, -0.2) is 9.59 Å². The van der Waals surface area contributed by atoms with Gasteiger partial charge in [-0.3, -0.25) is 0 Å². The highest BCUT2D eigenvalue weighted by Crippen LogP contribution is 2.09. The zero-order valence-corrected chi connectivity index (χ0v) is 15.3. The lowest BCUT2D eigenvalue weighted by molar-refractivity contribution is 0.0478. The summed E-state index contributed by atoms with van der Waals surface area (Å²) in [5, 5.41) is 0. The van der Waals surface area contributed by atoms with Crippen LogP contribution in [0.15, 0.2) is 54.6 Å². The van der Waals surface area contributed by atoms with E-state index in [1.54, 1.807) is 12.1 Å². The Hall–Kier alpha value is -2.62. The van der Waals surface area contributed by atoms with Gasteiger partial charge in [0.25, 0.3) is 0 Å². The molecule has 0 aromatic heterocycles. The van der Waals surface area contributed by atoms with Crippen LogP contribution in [0, 0.1) is 0 Å². The second-order valence-electron chi connectivity index (χ2n) is 6.15. The zero-order valence-electron chi connectivity index (χ0n) is 15.3. The smallest absolute Gasteiger partial charge is 0.338 e. The van der Waals surface area contributed by atoms with E-state index in [2.05, 4.69) is 6.92 Å². The van der Waals surface area contributed by atoms with E-state index >= 15 is 0 Å². The maximum atomic E-state index is 12.0. The molecule has 0 saturated carbocycles. The second-order valence-corrected chi connectivity index (χ2v) is 6.15. The van der Waals surface area contributed by atoms with Gasteiger partial charge in [0.2, 0.25) is 0 Å². The van der Waals surface area contributed by atoms with Crippen molar-refractivity contribution in [2.75, 3.05) is 13.2 Å². The fourth-order valence-corrected chi connectivity index (χ4v) is 2.55. The minimum Gasteiger partial charge on any atom is -0.462 e. The summed E-state index contributed by atoms with van der Waals surface area (Å²) in [5.74, 6) is -0.591. The van der Waals surface area contributed by atoms with Crippen LogP contribution >= 0.6 is 0 Å². The van der Waals surface area contributed by atoms with Crippen molar-refractivity contribution in [3.8, 4) is 0 Å². The predicted molar refractivity (Wildman–Crippen MR) is 101 cm³/mol. The van der Waals surface area contributed by atoms with Gasteiger partial charge in [-0.05, 0) is 55.5 Å². The number of benzene rings is 2. The summed E-state index contributed by atoms with van der Waals surface area (Å²) >= 11 is 0. The average molecular weight is 354 g/mol. The first-order valence-corrected chi connectivity index (χ1v) is 9.19. The molecule has 0 bridgehead atoms. The van der Waals surface area contributed by atoms with E-state index in [0.717, 1.165) is 32.1 Å². The van der Waals surface area contributed by atoms with Crippen LogP contribution in [0.1, 0.15) is 58.9 Å². The number of ether oxygens (including phenoxy) is 2. The maximum Gasteiger partial charge on any atom is 0.338 e. The minimum atomic E-state index is -0.302. The van der Waals surface area contributed by atoms with Crippen molar-refractivity contribution < 1.29 is 19.1 Å². The molecule has 0 aliphatic rings. The molecule has 2 rings (SSSR count). The highest BCUT2D eigenvalue weighted by atomic mass is 16.5. The minimum absolute atomic E-state index is 0.288. The summed E-state index contributed by atoms with van der Waals surface area (Å²) in [7, 11) is 0. The molecule has 2 aromatic rings. The van der Waals surface area contributed by atoms with E-state index in [4.69, 9.17) is 9.47 Å². The van der Waals surface area contributed by atoms with Crippen LogP contribution in [0.5, 0.6) is 0 Å². The number of unbranched alkanes of at least 4 members (excludes halogenated alkanes) is 2. The third kappa shape index (κ3) is 6.71. The van der Waals surface area contributed by atoms with E-state index in [1.165, 1.54) is 5.56 Å². The number of hydrogen-bond acceptors (Lipinski definition) is 4. The number of hydrogen-bond donors (Lipinski definition) is 0. The van der Waals surface area contributed by atoms with E-state index in [9.17, 15) is 9.59 Å². The number of rotatable bonds is 10. The first-order chi connectivity index (χ1) is 12.7. The van der Waals surface area contributed by atoms with Gasteiger partial charge in [0.1, 0.15) is 0 Å². The van der Waals surface area contributed by atoms with Gasteiger partial charge in [-0.15, -0.1) is 0 Å². The molecule has 0 radical (unpaired) electrons. The molecule has 0 N–H and O–H groups in total. The molecule has 2 aromatic carbocycles. The van der Waals surface area contributed by atoms with Gasteiger partial charge >= 0.3 is 11.9 Å². The summed E-state index contributed by atoms with van der Waals surface area (Å²) < 4.78 is 10.5. The molecule has 0 aliphatic heterocycles. The van der Waals surface area contributed by atoms with Crippen molar-refractivity contribution >= 4 is 11.9 Å². The third-order valence-electron chi connectivity index (χ3n) is 3.99. The maximum absolute atomic E-state index is 12.0. The van der Waals surface area contributed by atoms with Gasteiger partial charge in [0, 0.05) is 0 Å². The van der Waals surface area contributed by atoms with Crippen LogP contribution in [-0.4, -0.2) is 25.2 Å². The first kappa shape index (κ1) is 19.7. The third-order valence-corrected chi connectivity index (χ3v) is 3.99. The van der Waals surface area contributed by atoms with Crippen molar-refractivity contribution in [2.24, 2.45) is 0 Å². The predicted octanol–water partition coefficient (Wildman–Crippen LogP) is 4.82. The number of aryl methyl sites for hydroxylation is 1. The fourth-order valence-electron chi connectivity index (χ4n) is 2.55. The Morgan fingerprint density at radius 2 is 1.27 bits per heavy atom. The van der Waals surface area contributed by atoms with Crippen molar-refractivity contribution in [1.82, 2.24) is 0 Å². The molecule has 0 spiro atoms. The summed E-state index contributed by atoms with van der Waals surface area (Å²) in [6, 6.07) is 16.5. The molecule has 138 valence electrons. The Bertz CT molecular complexity index is 677. The molecule has 0 heterocycles. The molecule has 0 atom stereocenters. The zero-order chi connectivity index (χ0) is 18.6. The van der Waals surface area contributed by atoms with Crippen molar-refractivity contribution in [3.05, 3.63) is 71.3 Å². The Morgan fingerprint density at radius 3 is 1.81 bits per heavy atom. The van der Waals surface area contributed by atoms with Crippen LogP contribution in [-0.2, 0) is 15.9 Å². The van der Waals surface area contributed by atoms with Crippen molar-refractivity contribution in [1.29, 1.82) is 0 Å². The topological polar surface area (TPSA) is 52.6 Å². The van der Waals surface area contributed by atoms with Gasteiger partial charge in [0.15, 0.2) is 0 Å². The Kier molecular flexibility index (Phi) is 8.40. The summed E-state index contributed by atoms with van der Waals surface area (Å²) in [4.78, 5) is 23.7. The number of carbonyl (C=O) groups is 2. The van der Waals surface area contributed by atoms with E-state index < -0.39 is 0 Å². The standard InChI is InChI=1S/C22H26O4/c1-2-9-18-12-14-20(15-13-18)22(24)26-17-8-4-7-16-25-21(23)19-10-5-3-6-11-19/h3,5-6,10-15H,2,4,7-9,16-17H2,1H3. The van der Waals surface area contributed by atoms with Crippen LogP contribution in [0.3, 0.4) is 0 Å². The van der Waals surface area contributed by atoms with Crippen molar-refractivity contribution in [2.45, 2.75) is 39.0 Å². The van der Waals surface area contributed by atoms with E-state index in [1.807, 2.05) is 42.5 Å². The average Bonchev–Trinajstić information content (AvgIpc) is 2.68. The summed E-state index contributed by atoms with van der Waals surface area (Å²) in [6.07, 6.45) is 4.45. The normalized spacial score (nSPS) is 10.3. The molecule has 4 nitrogen and oxygen atoms in total. The van der Waals surface area contributed by atoms with E-state index in [0.29, 0.717) is 24.3 Å². The molecular formula is C22H26O4. The summed E-state index contributed by atoms with van der Waals surface area (Å²) in [6.45, 7) is 2.88. The Labute approximate surface area is 155 Å². The van der Waals surface area contributed by atoms with Crippen LogP contribution < -0.4 is 0 Å². The first-order valence-electron chi connectivity index (χ1n) is 9.19. The largest absolute Gasteiger partial charge is 0.462 e. The highest BCUT2D eigenvalue weighted by Gasteiger charge is 2.07. The van der Waals surface area contributed by atoms with Gasteiger partial charge < -0.3 is 9.47 Å². The van der Waals surface area contributed by atoms with E-state index in [-0.39, 0.29) is 11.9 Å². The molecular weight excluding hydrogens is 328 g/mol. The molecule has 0 amide bonds. The lowest BCUT2D eigenvalue weighted by atomic mass is 10.1. The van der Waals surface area contributed by atoms with Crippen molar-refractivity contribution in [3.63, 3.8) is 0 Å². The Morgan fingerprint density at radius 1 is 0.731 bits per heavy atom. The number of carbonyl (C=O) groups excluding carboxylic acids is 2. The molecule has 0 saturated heterocycles. The van der Waals surface area contributed by atoms with Crippen LogP contribution in [0.4, 0.5) is 0 Å². The van der Waals surface area contributed by atoms with Crippen LogP contribution in [0.25, 0.3) is 0 Å². The monoisotopic (exact) mass is 354 g/mol. The van der Waals surface area contributed by atoms with Gasteiger partial charge in [-0.2, -0.15) is 0 Å². The van der Waals surface area contributed by atoms with Crippen LogP contribution in [0.2, 0.25) is 0 Å². The van der Waals surface area contributed by atoms with Gasteiger partial charge in [0.05, 0.1) is 24.3 Å². The quantitative estimate of drug-likeness (QED) is 0.453. The molecule has 26 heavy (non-hydrogen) atoms. The van der Waals surface area contributed by atoms with Gasteiger partial charge in [-0.1, -0.05) is 43.7 Å². The lowest BCUT2D eigenvalue weighted by Gasteiger charge is -2.07. The number of esters is 2. The molecule has 0 unspecified atom stereocenters. The lowest BCUT2D eigenvalue weighted by Crippen LogP contribution is -2.08. The molecule has 4 heteroatoms. The fraction of sp³-hybridized carbons (Fsp3) is 0.364. The summed E-state index contributed by atoms with van der Waals surface area (Å²) in [5.41, 5.74) is 2.38. The molecule has 0 fully saturated rings. The Balaban J connectivity index is 1.56. The SMILES string of the molecule is CCCc1ccc(C(=O)OCCCCCOC(=O)c2ccccc2)cc1. The highest BCUT2D eigenvalue weighted by molar-refractivity contribution is 5.89.